The van der Waals surface area contributed by atoms with Gasteiger partial charge in [-0.1, -0.05) is 5.22 Å². The van der Waals surface area contributed by atoms with Crippen LogP contribution in [0.5, 0.6) is 0 Å². The first-order chi connectivity index (χ1) is 8.24. The molecule has 17 heavy (non-hydrogen) atoms. The molecule has 0 radical (unpaired) electrons. The molecule has 0 fully saturated rings. The van der Waals surface area contributed by atoms with Gasteiger partial charge in [-0.3, -0.25) is 5.43 Å². The van der Waals surface area contributed by atoms with Crippen LogP contribution in [-0.4, -0.2) is 0 Å². The Hall–Kier alpha value is -2.43. The van der Waals surface area contributed by atoms with Crippen molar-refractivity contribution in [3.05, 3.63) is 54.3 Å². The van der Waals surface area contributed by atoms with E-state index in [1.807, 2.05) is 0 Å². The van der Waals surface area contributed by atoms with Crippen LogP contribution in [0.15, 0.2) is 58.9 Å². The minimum Gasteiger partial charge on any atom is -0.399 e. The molecular weight excluding hydrogens is 219 g/mol. The molecule has 5 heteroatoms. The summed E-state index contributed by atoms with van der Waals surface area (Å²) in [5, 5.41) is 7.66. The topological polar surface area (TPSA) is 62.8 Å². The lowest BCUT2D eigenvalue weighted by Gasteiger charge is -1.98. The monoisotopic (exact) mass is 230 g/mol. The van der Waals surface area contributed by atoms with Gasteiger partial charge < -0.3 is 5.73 Å². The zero-order valence-electron chi connectivity index (χ0n) is 8.97. The summed E-state index contributed by atoms with van der Waals surface area (Å²) >= 11 is 0. The third-order valence-electron chi connectivity index (χ3n) is 2.08. The van der Waals surface area contributed by atoms with E-state index in [0.717, 1.165) is 5.69 Å². The van der Waals surface area contributed by atoms with Gasteiger partial charge in [0.25, 0.3) is 0 Å². The molecule has 2 aromatic rings. The first-order valence-electron chi connectivity index (χ1n) is 5.02. The van der Waals surface area contributed by atoms with Gasteiger partial charge in [-0.2, -0.15) is 0 Å². The van der Waals surface area contributed by atoms with Crippen molar-refractivity contribution >= 4 is 17.1 Å². The minimum absolute atomic E-state index is 0.296. The van der Waals surface area contributed by atoms with E-state index >= 15 is 0 Å². The highest BCUT2D eigenvalue weighted by atomic mass is 19.1. The lowest BCUT2D eigenvalue weighted by atomic mass is 10.3. The van der Waals surface area contributed by atoms with Crippen molar-refractivity contribution in [3.8, 4) is 0 Å². The summed E-state index contributed by atoms with van der Waals surface area (Å²) in [7, 11) is 0. The second-order valence-corrected chi connectivity index (χ2v) is 3.41. The van der Waals surface area contributed by atoms with Crippen LogP contribution >= 0.6 is 0 Å². The largest absolute Gasteiger partial charge is 0.399 e. The smallest absolute Gasteiger partial charge is 0.123 e. The lowest BCUT2D eigenvalue weighted by molar-refractivity contribution is 0.628. The van der Waals surface area contributed by atoms with Crippen molar-refractivity contribution in [2.45, 2.75) is 0 Å². The third-order valence-corrected chi connectivity index (χ3v) is 2.08. The molecular formula is C12H11FN4. The van der Waals surface area contributed by atoms with E-state index in [4.69, 9.17) is 5.73 Å². The molecule has 4 nitrogen and oxygen atoms in total. The van der Waals surface area contributed by atoms with Crippen molar-refractivity contribution < 1.29 is 4.39 Å². The van der Waals surface area contributed by atoms with Gasteiger partial charge in [0.2, 0.25) is 0 Å². The number of nitrogens with zero attached hydrogens (tertiary/aromatic N) is 2. The second-order valence-electron chi connectivity index (χ2n) is 3.41. The average molecular weight is 230 g/mol. The average Bonchev–Trinajstić information content (AvgIpc) is 2.34. The molecule has 0 spiro atoms. The molecule has 2 aromatic carbocycles. The molecule has 0 aliphatic carbocycles. The number of nitrogens with two attached hydrogens (primary N) is 1. The number of benzene rings is 2. The molecule has 0 aromatic heterocycles. The predicted octanol–water partition coefficient (Wildman–Crippen LogP) is 3.52. The van der Waals surface area contributed by atoms with E-state index in [1.165, 1.54) is 12.1 Å². The molecule has 3 N–H and O–H groups in total. The molecule has 0 atom stereocenters. The molecule has 0 amide bonds. The van der Waals surface area contributed by atoms with Crippen LogP contribution in [0, 0.1) is 5.82 Å². The number of nitrogens with one attached hydrogen (secondary N) is 1. The minimum atomic E-state index is -0.296. The van der Waals surface area contributed by atoms with Crippen LogP contribution in [0.1, 0.15) is 0 Å². The van der Waals surface area contributed by atoms with Crippen LogP contribution < -0.4 is 11.2 Å². The Morgan fingerprint density at radius 2 is 1.59 bits per heavy atom. The van der Waals surface area contributed by atoms with Crippen LogP contribution in [0.2, 0.25) is 0 Å². The maximum atomic E-state index is 12.6. The van der Waals surface area contributed by atoms with Crippen molar-refractivity contribution in [2.75, 3.05) is 11.2 Å². The number of halogens is 1. The molecule has 0 aliphatic rings. The Balaban J connectivity index is 1.97. The van der Waals surface area contributed by atoms with Crippen molar-refractivity contribution in [3.63, 3.8) is 0 Å². The quantitative estimate of drug-likeness (QED) is 0.481. The van der Waals surface area contributed by atoms with Gasteiger partial charge in [0.1, 0.15) is 5.82 Å². The maximum absolute atomic E-state index is 12.6. The highest BCUT2D eigenvalue weighted by Gasteiger charge is 1.91. The van der Waals surface area contributed by atoms with Crippen LogP contribution in [0.4, 0.5) is 21.5 Å². The van der Waals surface area contributed by atoms with Gasteiger partial charge in [-0.25, -0.2) is 4.39 Å². The fourth-order valence-corrected chi connectivity index (χ4v) is 1.21. The van der Waals surface area contributed by atoms with Gasteiger partial charge in [-0.05, 0) is 48.5 Å². The summed E-state index contributed by atoms with van der Waals surface area (Å²) in [6, 6.07) is 12.9. The Kier molecular flexibility index (Phi) is 3.30. The van der Waals surface area contributed by atoms with E-state index < -0.39 is 0 Å². The summed E-state index contributed by atoms with van der Waals surface area (Å²) in [6.07, 6.45) is 0. The van der Waals surface area contributed by atoms with Crippen LogP contribution in [-0.2, 0) is 0 Å². The zero-order valence-corrected chi connectivity index (χ0v) is 8.97. The highest BCUT2D eigenvalue weighted by Crippen LogP contribution is 2.14. The van der Waals surface area contributed by atoms with E-state index in [9.17, 15) is 4.39 Å². The van der Waals surface area contributed by atoms with Gasteiger partial charge in [0.05, 0.1) is 11.4 Å². The van der Waals surface area contributed by atoms with Crippen LogP contribution in [0.3, 0.4) is 0 Å². The van der Waals surface area contributed by atoms with Crippen molar-refractivity contribution in [1.29, 1.82) is 0 Å². The molecule has 0 aliphatic heterocycles. The number of hydrogen-bond donors (Lipinski definition) is 2. The predicted molar refractivity (Wildman–Crippen MR) is 65.4 cm³/mol. The van der Waals surface area contributed by atoms with Crippen molar-refractivity contribution in [2.24, 2.45) is 10.3 Å². The van der Waals surface area contributed by atoms with E-state index in [2.05, 4.69) is 15.8 Å². The molecule has 86 valence electrons. The second kappa shape index (κ2) is 5.07. The lowest BCUT2D eigenvalue weighted by Crippen LogP contribution is -1.88. The van der Waals surface area contributed by atoms with Gasteiger partial charge in [-0.15, -0.1) is 5.11 Å². The van der Waals surface area contributed by atoms with Gasteiger partial charge >= 0.3 is 0 Å². The molecule has 0 saturated heterocycles. The summed E-state index contributed by atoms with van der Waals surface area (Å²) in [4.78, 5) is 0. The molecule has 0 saturated carbocycles. The summed E-state index contributed by atoms with van der Waals surface area (Å²) in [5.74, 6) is -0.296. The Morgan fingerprint density at radius 3 is 2.24 bits per heavy atom. The number of anilines is 2. The number of hydrogen-bond acceptors (Lipinski definition) is 3. The van der Waals surface area contributed by atoms with Crippen molar-refractivity contribution in [1.82, 2.24) is 0 Å². The standard InChI is InChI=1S/C12H11FN4/c13-9-1-5-11(6-2-9)15-17-16-12-7-3-10(14)4-8-12/h1-8H,14H2,(H,15,16). The van der Waals surface area contributed by atoms with E-state index in [-0.39, 0.29) is 5.82 Å². The summed E-state index contributed by atoms with van der Waals surface area (Å²) < 4.78 is 12.6. The highest BCUT2D eigenvalue weighted by molar-refractivity contribution is 5.50. The molecule has 2 rings (SSSR count). The zero-order chi connectivity index (χ0) is 12.1. The van der Waals surface area contributed by atoms with E-state index in [0.29, 0.717) is 11.4 Å². The SMILES string of the molecule is Nc1ccc(NN=Nc2ccc(F)cc2)cc1. The first-order valence-corrected chi connectivity index (χ1v) is 5.02. The fraction of sp³-hybridized carbons (Fsp3) is 0. The maximum Gasteiger partial charge on any atom is 0.123 e. The number of rotatable bonds is 3. The van der Waals surface area contributed by atoms with E-state index in [1.54, 1.807) is 36.4 Å². The molecule has 0 heterocycles. The van der Waals surface area contributed by atoms with Gasteiger partial charge in [0.15, 0.2) is 0 Å². The Morgan fingerprint density at radius 1 is 0.941 bits per heavy atom. The Labute approximate surface area is 98.0 Å². The van der Waals surface area contributed by atoms with Crippen LogP contribution in [0.25, 0.3) is 0 Å². The molecule has 0 unspecified atom stereocenters. The normalized spacial score (nSPS) is 10.6. The molecule has 0 bridgehead atoms. The Bertz CT molecular complexity index is 505. The summed E-state index contributed by atoms with van der Waals surface area (Å²) in [6.45, 7) is 0. The van der Waals surface area contributed by atoms with Gasteiger partial charge in [0, 0.05) is 5.69 Å². The third kappa shape index (κ3) is 3.27. The first kappa shape index (κ1) is 11.1. The number of nitrogen functional groups attached to an aromatic ring is 1. The fourth-order valence-electron chi connectivity index (χ4n) is 1.21. The summed E-state index contributed by atoms with van der Waals surface area (Å²) in [5.41, 5.74) is 10.3.